The lowest BCUT2D eigenvalue weighted by Gasteiger charge is -2.15. The summed E-state index contributed by atoms with van der Waals surface area (Å²) in [5.74, 6) is -0.166. The minimum Gasteiger partial charge on any atom is -0.293 e. The molecule has 0 fully saturated rings. The van der Waals surface area contributed by atoms with Crippen molar-refractivity contribution in [3.05, 3.63) is 15.6 Å². The van der Waals surface area contributed by atoms with Gasteiger partial charge >= 0.3 is 0 Å². The van der Waals surface area contributed by atoms with Gasteiger partial charge in [-0.25, -0.2) is 4.98 Å². The van der Waals surface area contributed by atoms with Crippen LogP contribution in [0.5, 0.6) is 0 Å². The number of ketones is 2. The molecule has 1 atom stereocenters. The van der Waals surface area contributed by atoms with E-state index >= 15 is 0 Å². The zero-order valence-electron chi connectivity index (χ0n) is 12.9. The third-order valence-electron chi connectivity index (χ3n) is 3.74. The van der Waals surface area contributed by atoms with E-state index in [1.165, 1.54) is 24.2 Å². The third kappa shape index (κ3) is 3.64. The molecule has 0 saturated heterocycles. The summed E-state index contributed by atoms with van der Waals surface area (Å²) in [5, 5.41) is 0.762. The fraction of sp³-hybridized carbons (Fsp3) is 0.625. The highest BCUT2D eigenvalue weighted by molar-refractivity contribution is 7.14. The summed E-state index contributed by atoms with van der Waals surface area (Å²) in [6.45, 7) is 6.07. The van der Waals surface area contributed by atoms with Crippen molar-refractivity contribution in [2.75, 3.05) is 0 Å². The number of nitrogens with zero attached hydrogens (tertiary/aromatic N) is 2. The lowest BCUT2D eigenvalue weighted by atomic mass is 9.97. The number of hydrogen-bond acceptors (Lipinski definition) is 5. The van der Waals surface area contributed by atoms with Gasteiger partial charge in [-0.05, 0) is 19.8 Å². The monoisotopic (exact) mass is 306 g/mol. The van der Waals surface area contributed by atoms with Gasteiger partial charge in [0.15, 0.2) is 5.78 Å². The summed E-state index contributed by atoms with van der Waals surface area (Å²) in [6.07, 6.45) is 5.50. The van der Waals surface area contributed by atoms with E-state index in [-0.39, 0.29) is 24.0 Å². The molecule has 1 unspecified atom stereocenters. The topological polar surface area (TPSA) is 59.4 Å². The molecule has 1 aliphatic carbocycles. The Morgan fingerprint density at radius 2 is 2.05 bits per heavy atom. The molecule has 0 aromatic carbocycles. The van der Waals surface area contributed by atoms with Gasteiger partial charge in [-0.1, -0.05) is 33.1 Å². The SMILES string of the molecule is CCCCCC(CC)N=C1CC(=O)c2sc(C)nc2C1=O. The van der Waals surface area contributed by atoms with Crippen LogP contribution in [0.3, 0.4) is 0 Å². The van der Waals surface area contributed by atoms with Crippen LogP contribution in [0.15, 0.2) is 4.99 Å². The van der Waals surface area contributed by atoms with Crippen LogP contribution in [0.1, 0.15) is 77.5 Å². The summed E-state index contributed by atoms with van der Waals surface area (Å²) in [7, 11) is 0. The third-order valence-corrected chi connectivity index (χ3v) is 4.75. The highest BCUT2D eigenvalue weighted by atomic mass is 32.1. The van der Waals surface area contributed by atoms with Crippen molar-refractivity contribution in [1.82, 2.24) is 4.98 Å². The van der Waals surface area contributed by atoms with E-state index < -0.39 is 0 Å². The first-order valence-corrected chi connectivity index (χ1v) is 8.50. The van der Waals surface area contributed by atoms with Crippen LogP contribution in [-0.2, 0) is 0 Å². The van der Waals surface area contributed by atoms with Gasteiger partial charge in [0.1, 0.15) is 10.6 Å². The quantitative estimate of drug-likeness (QED) is 0.746. The Kier molecular flexibility index (Phi) is 5.39. The van der Waals surface area contributed by atoms with Crippen LogP contribution in [0.4, 0.5) is 0 Å². The Morgan fingerprint density at radius 1 is 1.29 bits per heavy atom. The molecule has 0 radical (unpaired) electrons. The first kappa shape index (κ1) is 16.0. The van der Waals surface area contributed by atoms with E-state index in [0.717, 1.165) is 24.3 Å². The molecule has 0 spiro atoms. The lowest BCUT2D eigenvalue weighted by molar-refractivity contribution is 0.0966. The number of aliphatic imine (C=N–C) groups is 1. The summed E-state index contributed by atoms with van der Waals surface area (Å²) < 4.78 is 0. The number of carbonyl (C=O) groups is 2. The van der Waals surface area contributed by atoms with Gasteiger partial charge in [0.05, 0.1) is 23.2 Å². The van der Waals surface area contributed by atoms with Gasteiger partial charge in [0.2, 0.25) is 5.78 Å². The number of carbonyl (C=O) groups excluding carboxylic acids is 2. The van der Waals surface area contributed by atoms with E-state index in [2.05, 4.69) is 23.8 Å². The second-order valence-electron chi connectivity index (χ2n) is 5.47. The molecule has 5 heteroatoms. The minimum atomic E-state index is -0.150. The van der Waals surface area contributed by atoms with Crippen LogP contribution in [0.2, 0.25) is 0 Å². The molecule has 1 heterocycles. The normalized spacial score (nSPS) is 18.1. The fourth-order valence-electron chi connectivity index (χ4n) is 2.53. The highest BCUT2D eigenvalue weighted by Crippen LogP contribution is 2.26. The Hall–Kier alpha value is -1.36. The molecule has 0 aliphatic heterocycles. The maximum atomic E-state index is 12.4. The van der Waals surface area contributed by atoms with Crippen LogP contribution < -0.4 is 0 Å². The summed E-state index contributed by atoms with van der Waals surface area (Å²) in [4.78, 5) is 33.8. The van der Waals surface area contributed by atoms with Gasteiger partial charge in [-0.15, -0.1) is 11.3 Å². The number of aromatic nitrogens is 1. The fourth-order valence-corrected chi connectivity index (χ4v) is 3.39. The molecule has 1 aliphatic rings. The number of thiazole rings is 1. The number of aryl methyl sites for hydroxylation is 1. The van der Waals surface area contributed by atoms with Gasteiger partial charge in [0, 0.05) is 0 Å². The smallest absolute Gasteiger partial charge is 0.227 e. The van der Waals surface area contributed by atoms with Crippen molar-refractivity contribution in [3.63, 3.8) is 0 Å². The highest BCUT2D eigenvalue weighted by Gasteiger charge is 2.33. The van der Waals surface area contributed by atoms with E-state index in [0.29, 0.717) is 16.3 Å². The zero-order chi connectivity index (χ0) is 15.4. The number of hydrogen-bond donors (Lipinski definition) is 0. The molecule has 0 bridgehead atoms. The van der Waals surface area contributed by atoms with Gasteiger partial charge < -0.3 is 0 Å². The van der Waals surface area contributed by atoms with Crippen molar-refractivity contribution < 1.29 is 9.59 Å². The van der Waals surface area contributed by atoms with Crippen molar-refractivity contribution in [3.8, 4) is 0 Å². The molecular weight excluding hydrogens is 284 g/mol. The molecule has 1 aromatic rings. The van der Waals surface area contributed by atoms with E-state index in [9.17, 15) is 9.59 Å². The lowest BCUT2D eigenvalue weighted by Crippen LogP contribution is -2.28. The Morgan fingerprint density at radius 3 is 2.71 bits per heavy atom. The Bertz CT molecular complexity index is 575. The van der Waals surface area contributed by atoms with Gasteiger partial charge in [-0.3, -0.25) is 14.6 Å². The van der Waals surface area contributed by atoms with Crippen LogP contribution >= 0.6 is 11.3 Å². The second-order valence-corrected chi connectivity index (χ2v) is 6.68. The van der Waals surface area contributed by atoms with Crippen molar-refractivity contribution in [2.45, 2.75) is 65.3 Å². The van der Waals surface area contributed by atoms with Gasteiger partial charge in [0.25, 0.3) is 0 Å². The molecule has 4 nitrogen and oxygen atoms in total. The standard InChI is InChI=1S/C16H22N2O2S/c1-4-6-7-8-11(5-2)18-12-9-13(19)16-14(15(12)20)17-10(3)21-16/h11H,4-9H2,1-3H3. The number of unbranched alkanes of at least 4 members (excludes halogenated alkanes) is 2. The molecule has 114 valence electrons. The first-order valence-electron chi connectivity index (χ1n) is 7.68. The van der Waals surface area contributed by atoms with E-state index in [1.54, 1.807) is 0 Å². The van der Waals surface area contributed by atoms with E-state index in [1.807, 2.05) is 6.92 Å². The molecule has 1 aromatic heterocycles. The molecule has 21 heavy (non-hydrogen) atoms. The number of Topliss-reactive ketones (excluding diaryl/α,β-unsaturated/α-hetero) is 2. The maximum absolute atomic E-state index is 12.4. The number of rotatable bonds is 6. The largest absolute Gasteiger partial charge is 0.293 e. The number of fused-ring (bicyclic) bond motifs is 1. The maximum Gasteiger partial charge on any atom is 0.227 e. The average Bonchev–Trinajstić information content (AvgIpc) is 2.86. The zero-order valence-corrected chi connectivity index (χ0v) is 13.8. The molecular formula is C16H22N2O2S. The van der Waals surface area contributed by atoms with Crippen LogP contribution in [-0.4, -0.2) is 28.3 Å². The summed E-state index contributed by atoms with van der Waals surface area (Å²) in [6, 6.07) is 0.143. The van der Waals surface area contributed by atoms with Crippen LogP contribution in [0, 0.1) is 6.92 Å². The van der Waals surface area contributed by atoms with E-state index in [4.69, 9.17) is 0 Å². The predicted molar refractivity (Wildman–Crippen MR) is 85.8 cm³/mol. The molecule has 0 saturated carbocycles. The predicted octanol–water partition coefficient (Wildman–Crippen LogP) is 4.02. The molecule has 0 N–H and O–H groups in total. The van der Waals surface area contributed by atoms with Crippen molar-refractivity contribution >= 4 is 28.6 Å². The molecule has 0 amide bonds. The van der Waals surface area contributed by atoms with Crippen LogP contribution in [0.25, 0.3) is 0 Å². The summed E-state index contributed by atoms with van der Waals surface area (Å²) >= 11 is 1.31. The second kappa shape index (κ2) is 7.07. The van der Waals surface area contributed by atoms with Gasteiger partial charge in [-0.2, -0.15) is 0 Å². The Labute approximate surface area is 129 Å². The first-order chi connectivity index (χ1) is 10.1. The average molecular weight is 306 g/mol. The van der Waals surface area contributed by atoms with Crippen molar-refractivity contribution in [2.24, 2.45) is 4.99 Å². The van der Waals surface area contributed by atoms with Crippen molar-refractivity contribution in [1.29, 1.82) is 0 Å². The summed E-state index contributed by atoms with van der Waals surface area (Å²) in [5.41, 5.74) is 0.719. The molecule has 2 rings (SSSR count). The Balaban J connectivity index is 2.18. The minimum absolute atomic E-state index is 0.0163.